The molecule has 0 bridgehead atoms. The number of carbonyl (C=O) groups excluding carboxylic acids is 1. The summed E-state index contributed by atoms with van der Waals surface area (Å²) in [4.78, 5) is 42.6. The molecular formula is C19H25N2O6P. The van der Waals surface area contributed by atoms with Crippen molar-refractivity contribution in [1.29, 1.82) is 0 Å². The van der Waals surface area contributed by atoms with Gasteiger partial charge in [0.15, 0.2) is 0 Å². The van der Waals surface area contributed by atoms with Gasteiger partial charge in [0.25, 0.3) is 0 Å². The van der Waals surface area contributed by atoms with E-state index >= 15 is 0 Å². The number of rotatable bonds is 9. The third-order valence-electron chi connectivity index (χ3n) is 4.27. The molecule has 1 amide bonds. The molecule has 28 heavy (non-hydrogen) atoms. The summed E-state index contributed by atoms with van der Waals surface area (Å²) in [7, 11) is -4.66. The van der Waals surface area contributed by atoms with Gasteiger partial charge in [-0.05, 0) is 28.7 Å². The Bertz CT molecular complexity index is 890. The second kappa shape index (κ2) is 9.30. The Labute approximate surface area is 163 Å². The highest BCUT2D eigenvalue weighted by molar-refractivity contribution is 7.49. The molecule has 0 unspecified atom stereocenters. The summed E-state index contributed by atoms with van der Waals surface area (Å²) < 4.78 is 11.3. The summed E-state index contributed by atoms with van der Waals surface area (Å²) >= 11 is 0. The molecule has 2 aromatic carbocycles. The van der Waals surface area contributed by atoms with Gasteiger partial charge in [-0.3, -0.25) is 4.79 Å². The van der Waals surface area contributed by atoms with E-state index in [0.717, 1.165) is 16.3 Å². The number of amides is 1. The number of carboxylic acids is 1. The van der Waals surface area contributed by atoms with Crippen LogP contribution in [0.2, 0.25) is 0 Å². The molecule has 0 saturated carbocycles. The highest BCUT2D eigenvalue weighted by Crippen LogP contribution is 2.30. The topological polar surface area (TPSA) is 136 Å². The minimum Gasteiger partial charge on any atom is -0.480 e. The standard InChI is InChI=1S/C19H25N2O6P/c1-12(2)10-16(21-28(25,26)27)18(22)20-17(19(23)24)11-14-8-5-7-13-6-3-4-9-15(13)14/h3-9,12,16-17H,10-11H2,1-2H3,(H,20,22)(H,23,24)(H3,21,25,26,27)/t16-,17-/m0/s1. The lowest BCUT2D eigenvalue weighted by Crippen LogP contribution is -2.50. The second-order valence-electron chi connectivity index (χ2n) is 7.10. The first kappa shape index (κ1) is 22.0. The van der Waals surface area contributed by atoms with Crippen LogP contribution in [-0.4, -0.2) is 38.9 Å². The molecule has 0 aliphatic rings. The van der Waals surface area contributed by atoms with Crippen LogP contribution in [0.5, 0.6) is 0 Å². The lowest BCUT2D eigenvalue weighted by molar-refractivity contribution is -0.142. The smallest absolute Gasteiger partial charge is 0.401 e. The van der Waals surface area contributed by atoms with E-state index in [1.54, 1.807) is 19.9 Å². The van der Waals surface area contributed by atoms with E-state index in [0.29, 0.717) is 0 Å². The zero-order valence-corrected chi connectivity index (χ0v) is 16.6. The number of aliphatic carboxylic acids is 1. The SMILES string of the molecule is CC(C)C[C@H](NP(=O)(O)O)C(=O)N[C@@H](Cc1cccc2ccccc12)C(=O)O. The van der Waals surface area contributed by atoms with Crippen molar-refractivity contribution in [2.75, 3.05) is 0 Å². The van der Waals surface area contributed by atoms with E-state index in [9.17, 15) is 19.3 Å². The van der Waals surface area contributed by atoms with Crippen LogP contribution < -0.4 is 10.4 Å². The zero-order chi connectivity index (χ0) is 20.9. The number of carbonyl (C=O) groups is 2. The maximum atomic E-state index is 12.5. The maximum absolute atomic E-state index is 12.5. The molecule has 0 fully saturated rings. The van der Waals surface area contributed by atoms with Crippen LogP contribution in [0.1, 0.15) is 25.8 Å². The maximum Gasteiger partial charge on any atom is 0.401 e. The van der Waals surface area contributed by atoms with Crippen LogP contribution in [0, 0.1) is 5.92 Å². The summed E-state index contributed by atoms with van der Waals surface area (Å²) in [6, 6.07) is 10.6. The van der Waals surface area contributed by atoms with Crippen LogP contribution in [0.4, 0.5) is 0 Å². The summed E-state index contributed by atoms with van der Waals surface area (Å²) in [6.45, 7) is 3.60. The molecule has 2 rings (SSSR count). The average molecular weight is 408 g/mol. The lowest BCUT2D eigenvalue weighted by Gasteiger charge is -2.23. The number of carboxylic acid groups (broad SMARTS) is 1. The normalized spacial score (nSPS) is 14.0. The number of nitrogens with one attached hydrogen (secondary N) is 2. The van der Waals surface area contributed by atoms with Gasteiger partial charge in [-0.1, -0.05) is 56.3 Å². The van der Waals surface area contributed by atoms with E-state index < -0.39 is 31.7 Å². The molecule has 5 N–H and O–H groups in total. The van der Waals surface area contributed by atoms with Crippen molar-refractivity contribution >= 4 is 30.4 Å². The van der Waals surface area contributed by atoms with Crippen molar-refractivity contribution in [1.82, 2.24) is 10.4 Å². The molecule has 0 aromatic heterocycles. The minimum absolute atomic E-state index is 0.0313. The highest BCUT2D eigenvalue weighted by atomic mass is 31.2. The van der Waals surface area contributed by atoms with Crippen molar-refractivity contribution in [2.24, 2.45) is 5.92 Å². The lowest BCUT2D eigenvalue weighted by atomic mass is 9.98. The number of fused-ring (bicyclic) bond motifs is 1. The summed E-state index contributed by atoms with van der Waals surface area (Å²) in [5, 5.41) is 15.8. The van der Waals surface area contributed by atoms with Crippen molar-refractivity contribution in [3.05, 3.63) is 48.0 Å². The van der Waals surface area contributed by atoms with Gasteiger partial charge in [-0.2, -0.15) is 0 Å². The Hall–Kier alpha value is -2.25. The molecule has 152 valence electrons. The molecule has 0 aliphatic heterocycles. The molecule has 2 atom stereocenters. The Morgan fingerprint density at radius 3 is 2.29 bits per heavy atom. The van der Waals surface area contributed by atoms with Crippen LogP contribution in [0.15, 0.2) is 42.5 Å². The fourth-order valence-corrected chi connectivity index (χ4v) is 3.68. The fraction of sp³-hybridized carbons (Fsp3) is 0.368. The van der Waals surface area contributed by atoms with Crippen LogP contribution in [0.25, 0.3) is 10.8 Å². The molecule has 0 aliphatic carbocycles. The molecule has 2 aromatic rings. The molecule has 9 heteroatoms. The Kier molecular flexibility index (Phi) is 7.32. The quantitative estimate of drug-likeness (QED) is 0.401. The van der Waals surface area contributed by atoms with Crippen molar-refractivity contribution in [3.8, 4) is 0 Å². The molecule has 0 heterocycles. The Morgan fingerprint density at radius 2 is 1.68 bits per heavy atom. The van der Waals surface area contributed by atoms with E-state index in [4.69, 9.17) is 9.79 Å². The van der Waals surface area contributed by atoms with Crippen molar-refractivity contribution in [3.63, 3.8) is 0 Å². The van der Waals surface area contributed by atoms with E-state index in [-0.39, 0.29) is 18.8 Å². The summed E-state index contributed by atoms with van der Waals surface area (Å²) in [5.74, 6) is -2.01. The molecule has 0 radical (unpaired) electrons. The van der Waals surface area contributed by atoms with Crippen LogP contribution >= 0.6 is 7.75 Å². The summed E-state index contributed by atoms with van der Waals surface area (Å²) in [6.07, 6.45) is 0.199. The first-order chi connectivity index (χ1) is 13.1. The fourth-order valence-electron chi connectivity index (χ4n) is 3.06. The van der Waals surface area contributed by atoms with Gasteiger partial charge in [-0.25, -0.2) is 14.4 Å². The average Bonchev–Trinajstić information content (AvgIpc) is 2.59. The monoisotopic (exact) mass is 408 g/mol. The van der Waals surface area contributed by atoms with E-state index in [1.807, 2.05) is 41.5 Å². The van der Waals surface area contributed by atoms with Crippen molar-refractivity contribution < 1.29 is 29.0 Å². The second-order valence-corrected chi connectivity index (χ2v) is 8.44. The first-order valence-corrected chi connectivity index (χ1v) is 10.5. The third-order valence-corrected chi connectivity index (χ3v) is 4.91. The van der Waals surface area contributed by atoms with Gasteiger partial charge in [0, 0.05) is 6.42 Å². The molecule has 0 spiro atoms. The predicted molar refractivity (Wildman–Crippen MR) is 106 cm³/mol. The van der Waals surface area contributed by atoms with Gasteiger partial charge in [0.2, 0.25) is 5.91 Å². The predicted octanol–water partition coefficient (Wildman–Crippen LogP) is 2.05. The number of hydrogen-bond acceptors (Lipinski definition) is 3. The van der Waals surface area contributed by atoms with Crippen molar-refractivity contribution in [2.45, 2.75) is 38.8 Å². The van der Waals surface area contributed by atoms with E-state index in [2.05, 4.69) is 5.32 Å². The molecular weight excluding hydrogens is 383 g/mol. The zero-order valence-electron chi connectivity index (χ0n) is 15.7. The van der Waals surface area contributed by atoms with Gasteiger partial charge in [0.1, 0.15) is 6.04 Å². The van der Waals surface area contributed by atoms with E-state index in [1.165, 1.54) is 0 Å². The number of hydrogen-bond donors (Lipinski definition) is 5. The largest absolute Gasteiger partial charge is 0.480 e. The molecule has 0 saturated heterocycles. The Morgan fingerprint density at radius 1 is 1.04 bits per heavy atom. The summed E-state index contributed by atoms with van der Waals surface area (Å²) in [5.41, 5.74) is 0.758. The van der Waals surface area contributed by atoms with Gasteiger partial charge in [-0.15, -0.1) is 0 Å². The van der Waals surface area contributed by atoms with Crippen LogP contribution in [0.3, 0.4) is 0 Å². The van der Waals surface area contributed by atoms with Crippen LogP contribution in [-0.2, 0) is 20.6 Å². The highest BCUT2D eigenvalue weighted by Gasteiger charge is 2.30. The number of benzene rings is 2. The molecule has 8 nitrogen and oxygen atoms in total. The van der Waals surface area contributed by atoms with Gasteiger partial charge in [0.05, 0.1) is 6.04 Å². The van der Waals surface area contributed by atoms with Gasteiger partial charge >= 0.3 is 13.7 Å². The van der Waals surface area contributed by atoms with Gasteiger partial charge < -0.3 is 20.2 Å². The third kappa shape index (κ3) is 6.42. The first-order valence-electron chi connectivity index (χ1n) is 8.90. The minimum atomic E-state index is -4.66. The Balaban J connectivity index is 2.22.